The Morgan fingerprint density at radius 3 is 2.12 bits per heavy atom. The second-order valence-electron chi connectivity index (χ2n) is 8.47. The largest absolute Gasteiger partial charge is 0.489 e. The second-order valence-corrected chi connectivity index (χ2v) is 10.1. The van der Waals surface area contributed by atoms with Gasteiger partial charge in [-0.2, -0.15) is 0 Å². The summed E-state index contributed by atoms with van der Waals surface area (Å²) >= 11 is 0. The molecule has 0 atom stereocenters. The summed E-state index contributed by atoms with van der Waals surface area (Å²) in [6.45, 7) is 5.52. The topological polar surface area (TPSA) is 93.7 Å². The van der Waals surface area contributed by atoms with Crippen LogP contribution in [0.2, 0.25) is 0 Å². The molecule has 0 aromatic heterocycles. The first-order valence-electron chi connectivity index (χ1n) is 10.4. The number of rotatable bonds is 9. The maximum absolute atomic E-state index is 12.5. The summed E-state index contributed by atoms with van der Waals surface area (Å²) in [4.78, 5) is 12.3. The molecule has 3 aromatic carbocycles. The van der Waals surface area contributed by atoms with Gasteiger partial charge in [0.2, 0.25) is 10.0 Å². The zero-order valence-electron chi connectivity index (χ0n) is 18.9. The number of hydrogen-bond donors (Lipinski definition) is 2. The number of carbonyl (C=O) groups excluding carboxylic acids is 1. The Bertz CT molecular complexity index is 1170. The van der Waals surface area contributed by atoms with Crippen molar-refractivity contribution in [3.05, 3.63) is 84.4 Å². The van der Waals surface area contributed by atoms with Crippen molar-refractivity contribution in [2.75, 3.05) is 11.9 Å². The van der Waals surface area contributed by atoms with Crippen LogP contribution in [0.5, 0.6) is 11.5 Å². The highest BCUT2D eigenvalue weighted by atomic mass is 32.2. The molecule has 0 saturated carbocycles. The standard InChI is InChI=1S/C25H28N2O5S/c1-25(2,3)27-33(29,30)23-11-7-10-20(16-23)26-24(28)18-32-22-14-12-21(13-15-22)31-17-19-8-5-4-6-9-19/h4-16,27H,17-18H2,1-3H3,(H,26,28). The Morgan fingerprint density at radius 1 is 0.848 bits per heavy atom. The highest BCUT2D eigenvalue weighted by Crippen LogP contribution is 2.20. The van der Waals surface area contributed by atoms with Crippen LogP contribution in [0.25, 0.3) is 0 Å². The van der Waals surface area contributed by atoms with Gasteiger partial charge >= 0.3 is 0 Å². The van der Waals surface area contributed by atoms with Crippen molar-refractivity contribution in [3.63, 3.8) is 0 Å². The molecule has 7 nitrogen and oxygen atoms in total. The van der Waals surface area contributed by atoms with Crippen molar-refractivity contribution in [1.82, 2.24) is 4.72 Å². The fourth-order valence-electron chi connectivity index (χ4n) is 2.92. The monoisotopic (exact) mass is 468 g/mol. The van der Waals surface area contributed by atoms with Gasteiger partial charge in [-0.15, -0.1) is 0 Å². The van der Waals surface area contributed by atoms with Crippen LogP contribution in [0.3, 0.4) is 0 Å². The van der Waals surface area contributed by atoms with Gasteiger partial charge in [-0.05, 0) is 68.8 Å². The molecule has 3 aromatic rings. The Balaban J connectivity index is 1.51. The third kappa shape index (κ3) is 7.93. The summed E-state index contributed by atoms with van der Waals surface area (Å²) in [5.74, 6) is 0.804. The third-order valence-corrected chi connectivity index (χ3v) is 6.07. The summed E-state index contributed by atoms with van der Waals surface area (Å²) in [5.41, 5.74) is 0.819. The van der Waals surface area contributed by atoms with E-state index in [0.717, 1.165) is 5.56 Å². The van der Waals surface area contributed by atoms with Crippen molar-refractivity contribution in [1.29, 1.82) is 0 Å². The molecule has 174 valence electrons. The Kier molecular flexibility index (Phi) is 7.73. The van der Waals surface area contributed by atoms with E-state index in [2.05, 4.69) is 10.0 Å². The van der Waals surface area contributed by atoms with Crippen LogP contribution in [-0.4, -0.2) is 26.5 Å². The molecule has 0 heterocycles. The smallest absolute Gasteiger partial charge is 0.262 e. The molecule has 1 amide bonds. The van der Waals surface area contributed by atoms with Gasteiger partial charge in [-0.1, -0.05) is 36.4 Å². The number of hydrogen-bond acceptors (Lipinski definition) is 5. The number of anilines is 1. The average molecular weight is 469 g/mol. The predicted octanol–water partition coefficient (Wildman–Crippen LogP) is 4.36. The molecule has 0 aliphatic heterocycles. The van der Waals surface area contributed by atoms with E-state index in [1.54, 1.807) is 57.2 Å². The molecular formula is C25H28N2O5S. The normalized spacial score (nSPS) is 11.6. The SMILES string of the molecule is CC(C)(C)NS(=O)(=O)c1cccc(NC(=O)COc2ccc(OCc3ccccc3)cc2)c1. The number of benzene rings is 3. The molecule has 0 unspecified atom stereocenters. The summed E-state index contributed by atoms with van der Waals surface area (Å²) in [6.07, 6.45) is 0. The van der Waals surface area contributed by atoms with Gasteiger partial charge < -0.3 is 14.8 Å². The zero-order chi connectivity index (χ0) is 23.9. The highest BCUT2D eigenvalue weighted by molar-refractivity contribution is 7.89. The van der Waals surface area contributed by atoms with E-state index in [1.165, 1.54) is 12.1 Å². The van der Waals surface area contributed by atoms with Crippen LogP contribution in [0, 0.1) is 0 Å². The molecule has 2 N–H and O–H groups in total. The number of amides is 1. The quantitative estimate of drug-likeness (QED) is 0.487. The minimum atomic E-state index is -3.70. The molecule has 0 aliphatic rings. The van der Waals surface area contributed by atoms with E-state index >= 15 is 0 Å². The molecule has 0 fully saturated rings. The maximum atomic E-state index is 12.5. The summed E-state index contributed by atoms with van der Waals surface area (Å²) in [7, 11) is -3.70. The van der Waals surface area contributed by atoms with Gasteiger partial charge in [0, 0.05) is 11.2 Å². The molecule has 3 rings (SSSR count). The van der Waals surface area contributed by atoms with Crippen molar-refractivity contribution >= 4 is 21.6 Å². The van der Waals surface area contributed by atoms with Gasteiger partial charge in [-0.25, -0.2) is 13.1 Å². The molecule has 0 bridgehead atoms. The lowest BCUT2D eigenvalue weighted by atomic mass is 10.1. The first-order chi connectivity index (χ1) is 15.6. The molecule has 0 aliphatic carbocycles. The van der Waals surface area contributed by atoms with Crippen LogP contribution in [0.15, 0.2) is 83.8 Å². The lowest BCUT2D eigenvalue weighted by Crippen LogP contribution is -2.40. The Morgan fingerprint density at radius 2 is 1.48 bits per heavy atom. The van der Waals surface area contributed by atoms with E-state index in [9.17, 15) is 13.2 Å². The molecular weight excluding hydrogens is 440 g/mol. The summed E-state index contributed by atoms with van der Waals surface area (Å²) in [6, 6.07) is 22.9. The van der Waals surface area contributed by atoms with Gasteiger partial charge in [0.25, 0.3) is 5.91 Å². The number of carbonyl (C=O) groups is 1. The average Bonchev–Trinajstić information content (AvgIpc) is 2.76. The molecule has 8 heteroatoms. The first kappa shape index (κ1) is 24.3. The number of ether oxygens (including phenoxy) is 2. The van der Waals surface area contributed by atoms with Crippen LogP contribution >= 0.6 is 0 Å². The minimum Gasteiger partial charge on any atom is -0.489 e. The summed E-state index contributed by atoms with van der Waals surface area (Å²) in [5, 5.41) is 2.66. The van der Waals surface area contributed by atoms with E-state index in [1.807, 2.05) is 30.3 Å². The molecule has 0 saturated heterocycles. The predicted molar refractivity (Wildman–Crippen MR) is 128 cm³/mol. The van der Waals surface area contributed by atoms with Gasteiger partial charge in [0.15, 0.2) is 6.61 Å². The minimum absolute atomic E-state index is 0.0715. The van der Waals surface area contributed by atoms with Crippen LogP contribution in [0.1, 0.15) is 26.3 Å². The van der Waals surface area contributed by atoms with Crippen molar-refractivity contribution in [3.8, 4) is 11.5 Å². The number of nitrogens with one attached hydrogen (secondary N) is 2. The Labute approximate surface area is 194 Å². The van der Waals surface area contributed by atoms with Gasteiger partial charge in [-0.3, -0.25) is 4.79 Å². The second kappa shape index (κ2) is 10.5. The van der Waals surface area contributed by atoms with E-state index in [4.69, 9.17) is 9.47 Å². The zero-order valence-corrected chi connectivity index (χ0v) is 19.7. The van der Waals surface area contributed by atoms with Crippen LogP contribution < -0.4 is 19.5 Å². The third-order valence-electron chi connectivity index (χ3n) is 4.31. The van der Waals surface area contributed by atoms with E-state index < -0.39 is 21.5 Å². The first-order valence-corrected chi connectivity index (χ1v) is 11.9. The van der Waals surface area contributed by atoms with E-state index in [0.29, 0.717) is 23.8 Å². The van der Waals surface area contributed by atoms with Crippen molar-refractivity contribution in [2.24, 2.45) is 0 Å². The van der Waals surface area contributed by atoms with Crippen LogP contribution in [-0.2, 0) is 21.4 Å². The van der Waals surface area contributed by atoms with Crippen LogP contribution in [0.4, 0.5) is 5.69 Å². The summed E-state index contributed by atoms with van der Waals surface area (Å²) < 4.78 is 38.8. The molecule has 0 spiro atoms. The molecule has 0 radical (unpaired) electrons. The lowest BCUT2D eigenvalue weighted by Gasteiger charge is -2.20. The van der Waals surface area contributed by atoms with Crippen molar-refractivity contribution < 1.29 is 22.7 Å². The van der Waals surface area contributed by atoms with Crippen molar-refractivity contribution in [2.45, 2.75) is 37.8 Å². The Hall–Kier alpha value is -3.36. The van der Waals surface area contributed by atoms with Gasteiger partial charge in [0.05, 0.1) is 4.90 Å². The molecule has 33 heavy (non-hydrogen) atoms. The highest BCUT2D eigenvalue weighted by Gasteiger charge is 2.22. The fraction of sp³-hybridized carbons (Fsp3) is 0.240. The fourth-order valence-corrected chi connectivity index (χ4v) is 4.39. The maximum Gasteiger partial charge on any atom is 0.262 e. The van der Waals surface area contributed by atoms with Gasteiger partial charge in [0.1, 0.15) is 18.1 Å². The lowest BCUT2D eigenvalue weighted by molar-refractivity contribution is -0.118. The van der Waals surface area contributed by atoms with E-state index in [-0.39, 0.29) is 11.5 Å². The number of sulfonamides is 1.